The number of carbonyl (C=O) groups excluding carboxylic acids is 1. The quantitative estimate of drug-likeness (QED) is 0.289. The van der Waals surface area contributed by atoms with Crippen molar-refractivity contribution in [3.63, 3.8) is 0 Å². The maximum absolute atomic E-state index is 12.4. The van der Waals surface area contributed by atoms with Crippen molar-refractivity contribution in [1.82, 2.24) is 9.55 Å². The van der Waals surface area contributed by atoms with Gasteiger partial charge in [-0.25, -0.2) is 9.59 Å². The molecule has 0 saturated heterocycles. The average Bonchev–Trinajstić information content (AvgIpc) is 3.10. The van der Waals surface area contributed by atoms with Crippen molar-refractivity contribution in [3.8, 4) is 0 Å². The Morgan fingerprint density at radius 2 is 2.03 bits per heavy atom. The van der Waals surface area contributed by atoms with Crippen LogP contribution in [-0.2, 0) is 14.0 Å². The number of rotatable bonds is 9. The molecule has 178 valence electrons. The van der Waals surface area contributed by atoms with Crippen LogP contribution in [0.1, 0.15) is 47.1 Å². The summed E-state index contributed by atoms with van der Waals surface area (Å²) < 4.78 is 13.4. The van der Waals surface area contributed by atoms with E-state index in [9.17, 15) is 14.4 Å². The largest absolute Gasteiger partial charge is 0.463 e. The molecule has 2 atom stereocenters. The summed E-state index contributed by atoms with van der Waals surface area (Å²) in [6.07, 6.45) is 7.27. The lowest BCUT2D eigenvalue weighted by atomic mass is 9.99. The van der Waals surface area contributed by atoms with Gasteiger partial charge in [0.05, 0.1) is 17.1 Å². The van der Waals surface area contributed by atoms with Gasteiger partial charge in [0, 0.05) is 24.8 Å². The molecule has 1 N–H and O–H groups in total. The van der Waals surface area contributed by atoms with Crippen LogP contribution in [0.4, 0.5) is 0 Å². The van der Waals surface area contributed by atoms with Gasteiger partial charge < -0.3 is 9.16 Å². The Kier molecular flexibility index (Phi) is 8.69. The summed E-state index contributed by atoms with van der Waals surface area (Å²) in [7, 11) is -2.04. The maximum Gasteiger partial charge on any atom is 0.330 e. The van der Waals surface area contributed by atoms with Crippen LogP contribution in [0.5, 0.6) is 0 Å². The van der Waals surface area contributed by atoms with E-state index < -0.39 is 25.5 Å². The first kappa shape index (κ1) is 26.5. The molecule has 0 bridgehead atoms. The van der Waals surface area contributed by atoms with E-state index in [0.29, 0.717) is 30.0 Å². The normalized spacial score (nSPS) is 19.6. The first-order valence-corrected chi connectivity index (χ1v) is 14.7. The Bertz CT molecular complexity index is 1010. The highest BCUT2D eigenvalue weighted by Crippen LogP contribution is 2.45. The van der Waals surface area contributed by atoms with E-state index in [1.165, 1.54) is 16.8 Å². The molecule has 7 nitrogen and oxygen atoms in total. The number of carbonyl (C=O) groups is 1. The maximum atomic E-state index is 12.4. The second-order valence-electron chi connectivity index (χ2n) is 9.59. The molecule has 0 aliphatic heterocycles. The third-order valence-corrected chi connectivity index (χ3v) is 12.1. The predicted molar refractivity (Wildman–Crippen MR) is 132 cm³/mol. The highest BCUT2D eigenvalue weighted by Gasteiger charge is 2.44. The van der Waals surface area contributed by atoms with E-state index in [2.05, 4.69) is 61.7 Å². The van der Waals surface area contributed by atoms with E-state index in [0.717, 1.165) is 5.57 Å². The zero-order valence-corrected chi connectivity index (χ0v) is 22.6. The Morgan fingerprint density at radius 3 is 2.62 bits per heavy atom. The number of esters is 1. The van der Waals surface area contributed by atoms with Crippen LogP contribution in [0.2, 0.25) is 18.1 Å². The number of allylic oxidation sites excluding steroid dienone is 2. The molecule has 0 unspecified atom stereocenters. The van der Waals surface area contributed by atoms with Crippen LogP contribution in [-0.4, -0.2) is 37.1 Å². The Morgan fingerprint density at radius 1 is 1.38 bits per heavy atom. The molecule has 1 aromatic rings. The third-order valence-electron chi connectivity index (χ3n) is 7.00. The van der Waals surface area contributed by atoms with Crippen molar-refractivity contribution in [2.24, 2.45) is 11.8 Å². The molecule has 1 aliphatic carbocycles. The van der Waals surface area contributed by atoms with Gasteiger partial charge in [0.1, 0.15) is 0 Å². The van der Waals surface area contributed by atoms with Crippen molar-refractivity contribution in [1.29, 1.82) is 0 Å². The summed E-state index contributed by atoms with van der Waals surface area (Å²) in [5, 5.41) is 0.0797. The summed E-state index contributed by atoms with van der Waals surface area (Å²) in [4.78, 5) is 38.3. The van der Waals surface area contributed by atoms with Crippen LogP contribution in [0.25, 0.3) is 0 Å². The van der Waals surface area contributed by atoms with E-state index in [4.69, 9.17) is 9.16 Å². The Hall–Kier alpha value is -1.71. The summed E-state index contributed by atoms with van der Waals surface area (Å²) in [5.41, 5.74) is -0.00554. The van der Waals surface area contributed by atoms with E-state index in [1.54, 1.807) is 13.0 Å². The summed E-state index contributed by atoms with van der Waals surface area (Å²) >= 11 is 3.20. The highest BCUT2D eigenvalue weighted by atomic mass is 79.9. The smallest absolute Gasteiger partial charge is 0.330 e. The third kappa shape index (κ3) is 5.99. The number of hydrogen-bond donors (Lipinski definition) is 1. The van der Waals surface area contributed by atoms with Gasteiger partial charge in [-0.05, 0) is 58.9 Å². The van der Waals surface area contributed by atoms with Gasteiger partial charge in [0.2, 0.25) is 0 Å². The van der Waals surface area contributed by atoms with Gasteiger partial charge in [-0.15, -0.1) is 0 Å². The Balaban J connectivity index is 2.32. The van der Waals surface area contributed by atoms with Crippen LogP contribution >= 0.6 is 15.9 Å². The molecule has 32 heavy (non-hydrogen) atoms. The number of nitrogens with one attached hydrogen (secondary N) is 1. The van der Waals surface area contributed by atoms with Gasteiger partial charge in [-0.2, -0.15) is 0 Å². The lowest BCUT2D eigenvalue weighted by Crippen LogP contribution is -2.46. The molecule has 2 rings (SSSR count). The molecular formula is C23H35BrN2O5Si. The lowest BCUT2D eigenvalue weighted by molar-refractivity contribution is -0.137. The minimum atomic E-state index is -2.04. The van der Waals surface area contributed by atoms with Gasteiger partial charge in [-0.1, -0.05) is 39.8 Å². The molecule has 0 amide bonds. The average molecular weight is 528 g/mol. The summed E-state index contributed by atoms with van der Waals surface area (Å²) in [6, 6.07) is -0.256. The van der Waals surface area contributed by atoms with Crippen LogP contribution in [0, 0.1) is 11.8 Å². The fraction of sp³-hybridized carbons (Fsp3) is 0.609. The highest BCUT2D eigenvalue weighted by molar-refractivity contribution is 9.10. The number of aromatic amines is 1. The fourth-order valence-electron chi connectivity index (χ4n) is 3.66. The molecule has 1 aliphatic rings. The van der Waals surface area contributed by atoms with E-state index in [-0.39, 0.29) is 17.0 Å². The second-order valence-corrected chi connectivity index (χ2v) is 15.0. The minimum Gasteiger partial charge on any atom is -0.463 e. The number of ether oxygens (including phenoxy) is 1. The standard InChI is InChI=1S/C23H35BrN2O5Si/c1-8-30-20(27)10-9-16-11-18(26-13-19(24)21(28)25-22(26)29)12-17(16)14-31-32(6,7)23(4,5)15(2)3/h9-11,13,15,17-18H,8,12,14H2,1-7H3,(H,25,28,29)/b10-9+/t17-,18+/m1/s1. The van der Waals surface area contributed by atoms with Crippen molar-refractivity contribution in [2.45, 2.75) is 65.2 Å². The van der Waals surface area contributed by atoms with Crippen molar-refractivity contribution >= 4 is 30.2 Å². The molecule has 0 radical (unpaired) electrons. The molecule has 0 aromatic carbocycles. The number of aromatic nitrogens is 2. The number of nitrogens with zero attached hydrogens (tertiary/aromatic N) is 1. The second kappa shape index (κ2) is 10.5. The molecule has 1 heterocycles. The van der Waals surface area contributed by atoms with Gasteiger partial charge >= 0.3 is 11.7 Å². The molecule has 0 spiro atoms. The first-order valence-electron chi connectivity index (χ1n) is 11.0. The van der Waals surface area contributed by atoms with Crippen molar-refractivity contribution < 1.29 is 14.0 Å². The van der Waals surface area contributed by atoms with Gasteiger partial charge in [0.25, 0.3) is 5.56 Å². The fourth-order valence-corrected chi connectivity index (χ4v) is 6.36. The monoisotopic (exact) mass is 526 g/mol. The zero-order chi connectivity index (χ0) is 24.3. The summed E-state index contributed by atoms with van der Waals surface area (Å²) in [6.45, 7) is 16.0. The van der Waals surface area contributed by atoms with Gasteiger partial charge in [-0.3, -0.25) is 14.3 Å². The minimum absolute atomic E-state index is 0.0121. The number of halogens is 1. The lowest BCUT2D eigenvalue weighted by Gasteiger charge is -2.43. The Labute approximate surface area is 199 Å². The van der Waals surface area contributed by atoms with Crippen LogP contribution < -0.4 is 11.2 Å². The first-order chi connectivity index (χ1) is 14.8. The van der Waals surface area contributed by atoms with E-state index in [1.807, 2.05) is 6.08 Å². The van der Waals surface area contributed by atoms with Gasteiger partial charge in [0.15, 0.2) is 8.32 Å². The number of H-pyrrole nitrogens is 1. The van der Waals surface area contributed by atoms with Crippen LogP contribution in [0.3, 0.4) is 0 Å². The molecular weight excluding hydrogens is 492 g/mol. The van der Waals surface area contributed by atoms with Crippen molar-refractivity contribution in [3.05, 3.63) is 55.3 Å². The topological polar surface area (TPSA) is 90.4 Å². The molecule has 0 fully saturated rings. The number of hydrogen-bond acceptors (Lipinski definition) is 5. The van der Waals surface area contributed by atoms with Crippen molar-refractivity contribution in [2.75, 3.05) is 13.2 Å². The SMILES string of the molecule is CCOC(=O)/C=C/C1=C[C@H](n2cc(Br)c(=O)[nH]c2=O)C[C@@H]1CO[Si](C)(C)C(C)(C)C(C)C. The summed E-state index contributed by atoms with van der Waals surface area (Å²) in [5.74, 6) is 0.0884. The van der Waals surface area contributed by atoms with E-state index >= 15 is 0 Å². The zero-order valence-electron chi connectivity index (χ0n) is 20.0. The predicted octanol–water partition coefficient (Wildman–Crippen LogP) is 4.56. The molecule has 1 aromatic heterocycles. The molecule has 0 saturated carbocycles. The van der Waals surface area contributed by atoms with Crippen LogP contribution in [0.15, 0.2) is 44.1 Å². The molecule has 9 heteroatoms.